The average Bonchev–Trinajstić information content (AvgIpc) is 2.88. The highest BCUT2D eigenvalue weighted by Crippen LogP contribution is 2.47. The Morgan fingerprint density at radius 3 is 1.87 bits per heavy atom. The summed E-state index contributed by atoms with van der Waals surface area (Å²) in [4.78, 5) is 40.9. The molecular formula is C29H30N2O7. The number of anilines is 2. The van der Waals surface area contributed by atoms with Gasteiger partial charge in [0, 0.05) is 12.3 Å². The molecule has 0 bridgehead atoms. The summed E-state index contributed by atoms with van der Waals surface area (Å²) in [5.74, 6) is -4.49. The lowest BCUT2D eigenvalue weighted by atomic mass is 9.61. The van der Waals surface area contributed by atoms with Gasteiger partial charge in [-0.1, -0.05) is 36.4 Å². The third-order valence-corrected chi connectivity index (χ3v) is 6.84. The molecule has 0 heterocycles. The number of phenols is 1. The van der Waals surface area contributed by atoms with Crippen LogP contribution < -0.4 is 20.1 Å². The van der Waals surface area contributed by atoms with Crippen molar-refractivity contribution in [2.75, 3.05) is 24.9 Å². The van der Waals surface area contributed by atoms with E-state index in [1.807, 2.05) is 0 Å². The van der Waals surface area contributed by atoms with Crippen LogP contribution in [0.2, 0.25) is 0 Å². The molecule has 3 aromatic rings. The number of phenolic OH excluding ortho intramolecular Hbond substituents is 1. The Hall–Kier alpha value is -4.37. The van der Waals surface area contributed by atoms with Crippen molar-refractivity contribution in [2.45, 2.75) is 24.9 Å². The second-order valence-electron chi connectivity index (χ2n) is 9.45. The van der Waals surface area contributed by atoms with E-state index in [1.165, 1.54) is 33.3 Å². The Morgan fingerprint density at radius 2 is 1.34 bits per heavy atom. The quantitative estimate of drug-likeness (QED) is 0.350. The summed E-state index contributed by atoms with van der Waals surface area (Å²) < 4.78 is 10.7. The maximum atomic E-state index is 13.8. The highest BCUT2D eigenvalue weighted by Gasteiger charge is 2.56. The summed E-state index contributed by atoms with van der Waals surface area (Å²) in [6.07, 6.45) is -0.407. The molecule has 4 atom stereocenters. The monoisotopic (exact) mass is 518 g/mol. The number of rotatable bonds is 7. The van der Waals surface area contributed by atoms with Crippen molar-refractivity contribution in [1.82, 2.24) is 0 Å². The second-order valence-corrected chi connectivity index (χ2v) is 9.45. The molecule has 9 nitrogen and oxygen atoms in total. The molecule has 0 unspecified atom stereocenters. The van der Waals surface area contributed by atoms with Crippen LogP contribution in [0, 0.1) is 11.8 Å². The van der Waals surface area contributed by atoms with Gasteiger partial charge in [-0.25, -0.2) is 0 Å². The van der Waals surface area contributed by atoms with E-state index in [-0.39, 0.29) is 5.75 Å². The number of ether oxygens (including phenoxy) is 2. The van der Waals surface area contributed by atoms with Crippen molar-refractivity contribution >= 4 is 29.0 Å². The Morgan fingerprint density at radius 1 is 0.842 bits per heavy atom. The molecule has 4 rings (SSSR count). The standard InChI is InChI=1S/C29H30N2O7/c1-29(36)16-21(33)25(27(34)30-19-8-4-6-10-22(19)37-2)24(17-12-14-18(32)15-13-17)26(29)28(35)31-20-9-5-7-11-23(20)38-3/h4-15,24-26,32,36H,16H2,1-3H3,(H,30,34)(H,31,35)/t24-,25+,26-,29-/m1/s1. The summed E-state index contributed by atoms with van der Waals surface area (Å²) in [7, 11) is 2.93. The third kappa shape index (κ3) is 5.33. The number of aromatic hydroxyl groups is 1. The lowest BCUT2D eigenvalue weighted by Gasteiger charge is -2.44. The smallest absolute Gasteiger partial charge is 0.235 e. The number of aliphatic hydroxyl groups is 1. The number of hydrogen-bond donors (Lipinski definition) is 4. The number of para-hydroxylation sites is 4. The number of hydrogen-bond acceptors (Lipinski definition) is 7. The Balaban J connectivity index is 1.78. The molecule has 198 valence electrons. The van der Waals surface area contributed by atoms with Gasteiger partial charge in [0.2, 0.25) is 11.8 Å². The number of nitrogens with one attached hydrogen (secondary N) is 2. The zero-order valence-electron chi connectivity index (χ0n) is 21.3. The van der Waals surface area contributed by atoms with Gasteiger partial charge in [0.05, 0.1) is 37.1 Å². The van der Waals surface area contributed by atoms with E-state index >= 15 is 0 Å². The van der Waals surface area contributed by atoms with E-state index in [1.54, 1.807) is 60.7 Å². The third-order valence-electron chi connectivity index (χ3n) is 6.84. The Bertz CT molecular complexity index is 1340. The first kappa shape index (κ1) is 26.7. The van der Waals surface area contributed by atoms with Gasteiger partial charge >= 0.3 is 0 Å². The number of methoxy groups -OCH3 is 2. The molecule has 2 amide bonds. The van der Waals surface area contributed by atoms with Gasteiger partial charge in [0.25, 0.3) is 0 Å². The van der Waals surface area contributed by atoms with E-state index in [4.69, 9.17) is 9.47 Å². The summed E-state index contributed by atoms with van der Waals surface area (Å²) in [5, 5.41) is 26.8. The molecule has 9 heteroatoms. The fourth-order valence-corrected chi connectivity index (χ4v) is 5.11. The van der Waals surface area contributed by atoms with Crippen molar-refractivity contribution < 1.29 is 34.1 Å². The largest absolute Gasteiger partial charge is 0.508 e. The predicted molar refractivity (Wildman–Crippen MR) is 141 cm³/mol. The minimum atomic E-state index is -1.77. The van der Waals surface area contributed by atoms with Crippen LogP contribution in [0.15, 0.2) is 72.8 Å². The first-order chi connectivity index (χ1) is 18.2. The highest BCUT2D eigenvalue weighted by molar-refractivity contribution is 6.11. The summed E-state index contributed by atoms with van der Waals surface area (Å²) >= 11 is 0. The van der Waals surface area contributed by atoms with E-state index in [0.29, 0.717) is 28.4 Å². The maximum Gasteiger partial charge on any atom is 0.235 e. The number of amides is 2. The van der Waals surface area contributed by atoms with Crippen molar-refractivity contribution in [3.63, 3.8) is 0 Å². The number of carbonyl (C=O) groups excluding carboxylic acids is 3. The minimum Gasteiger partial charge on any atom is -0.508 e. The van der Waals surface area contributed by atoms with Crippen molar-refractivity contribution in [1.29, 1.82) is 0 Å². The summed E-state index contributed by atoms with van der Waals surface area (Å²) in [6, 6.07) is 19.5. The predicted octanol–water partition coefficient (Wildman–Crippen LogP) is 3.73. The fraction of sp³-hybridized carbons (Fsp3) is 0.276. The molecule has 3 aromatic carbocycles. The van der Waals surface area contributed by atoms with Crippen LogP contribution in [0.25, 0.3) is 0 Å². The number of ketones is 1. The molecule has 1 saturated carbocycles. The number of benzene rings is 3. The van der Waals surface area contributed by atoms with E-state index in [9.17, 15) is 24.6 Å². The normalized spacial score (nSPS) is 22.8. The molecule has 0 aromatic heterocycles. The van der Waals surface area contributed by atoms with Crippen molar-refractivity contribution in [3.05, 3.63) is 78.4 Å². The molecule has 1 aliphatic carbocycles. The molecule has 1 aliphatic rings. The van der Waals surface area contributed by atoms with Gasteiger partial charge < -0.3 is 30.3 Å². The topological polar surface area (TPSA) is 134 Å². The first-order valence-corrected chi connectivity index (χ1v) is 12.1. The van der Waals surface area contributed by atoms with Crippen LogP contribution in [-0.2, 0) is 14.4 Å². The van der Waals surface area contributed by atoms with Gasteiger partial charge in [-0.15, -0.1) is 0 Å². The zero-order valence-corrected chi connectivity index (χ0v) is 21.3. The fourth-order valence-electron chi connectivity index (χ4n) is 5.11. The molecule has 0 spiro atoms. The molecule has 38 heavy (non-hydrogen) atoms. The van der Waals surface area contributed by atoms with Crippen LogP contribution in [-0.4, -0.2) is 47.6 Å². The summed E-state index contributed by atoms with van der Waals surface area (Å²) in [6.45, 7) is 1.42. The second kappa shape index (κ2) is 10.9. The van der Waals surface area contributed by atoms with Gasteiger partial charge in [0.1, 0.15) is 28.9 Å². The molecule has 0 aliphatic heterocycles. The van der Waals surface area contributed by atoms with E-state index in [2.05, 4.69) is 10.6 Å². The maximum absolute atomic E-state index is 13.8. The van der Waals surface area contributed by atoms with Gasteiger partial charge in [-0.3, -0.25) is 14.4 Å². The molecule has 0 saturated heterocycles. The van der Waals surface area contributed by atoms with Gasteiger partial charge in [-0.2, -0.15) is 0 Å². The minimum absolute atomic E-state index is 0.0207. The van der Waals surface area contributed by atoms with Crippen LogP contribution >= 0.6 is 0 Å². The average molecular weight is 519 g/mol. The molecule has 1 fully saturated rings. The Kier molecular flexibility index (Phi) is 7.68. The SMILES string of the molecule is COc1ccccc1NC(=O)[C@H]1C(=O)C[C@@](C)(O)[C@@H](C(=O)Nc2ccccc2OC)[C@@H]1c1ccc(O)cc1. The first-order valence-electron chi connectivity index (χ1n) is 12.1. The highest BCUT2D eigenvalue weighted by atomic mass is 16.5. The number of carbonyl (C=O) groups is 3. The van der Waals surface area contributed by atoms with Crippen molar-refractivity contribution in [2.24, 2.45) is 11.8 Å². The lowest BCUT2D eigenvalue weighted by Crippen LogP contribution is -2.56. The van der Waals surface area contributed by atoms with Crippen LogP contribution in [0.5, 0.6) is 17.2 Å². The van der Waals surface area contributed by atoms with Gasteiger partial charge in [0.15, 0.2) is 0 Å². The molecule has 4 N–H and O–H groups in total. The van der Waals surface area contributed by atoms with Crippen molar-refractivity contribution in [3.8, 4) is 17.2 Å². The lowest BCUT2D eigenvalue weighted by molar-refractivity contribution is -0.150. The summed E-state index contributed by atoms with van der Waals surface area (Å²) in [5.41, 5.74) is -0.583. The molecular weight excluding hydrogens is 488 g/mol. The van der Waals surface area contributed by atoms with E-state index < -0.39 is 47.4 Å². The van der Waals surface area contributed by atoms with Crippen LogP contribution in [0.3, 0.4) is 0 Å². The van der Waals surface area contributed by atoms with Crippen LogP contribution in [0.1, 0.15) is 24.8 Å². The number of Topliss-reactive ketones (excluding diaryl/α,β-unsaturated/α-hetero) is 1. The zero-order chi connectivity index (χ0) is 27.4. The van der Waals surface area contributed by atoms with Gasteiger partial charge in [-0.05, 0) is 48.9 Å². The molecule has 0 radical (unpaired) electrons. The Labute approximate surface area is 220 Å². The van der Waals surface area contributed by atoms with E-state index in [0.717, 1.165) is 0 Å². The van der Waals surface area contributed by atoms with Crippen LogP contribution in [0.4, 0.5) is 11.4 Å².